The first-order chi connectivity index (χ1) is 9.66. The minimum absolute atomic E-state index is 0.204. The average Bonchev–Trinajstić information content (AvgIpc) is 2.44. The highest BCUT2D eigenvalue weighted by Gasteiger charge is 2.07. The Labute approximate surface area is 133 Å². The average molecular weight is 355 g/mol. The van der Waals surface area contributed by atoms with Crippen molar-refractivity contribution < 1.29 is 4.74 Å². The van der Waals surface area contributed by atoms with Crippen LogP contribution in [0.2, 0.25) is 5.02 Å². The molecule has 0 fully saturated rings. The maximum Gasteiger partial charge on any atom is 0.120 e. The number of nitrogens with one attached hydrogen (secondary N) is 1. The molecule has 0 heterocycles. The van der Waals surface area contributed by atoms with Crippen molar-refractivity contribution in [3.05, 3.63) is 63.6 Å². The number of halogens is 2. The Hall–Kier alpha value is -1.03. The van der Waals surface area contributed by atoms with Crippen molar-refractivity contribution >= 4 is 27.5 Å². The lowest BCUT2D eigenvalue weighted by atomic mass is 10.1. The van der Waals surface area contributed by atoms with E-state index in [4.69, 9.17) is 16.3 Å². The van der Waals surface area contributed by atoms with Gasteiger partial charge >= 0.3 is 0 Å². The van der Waals surface area contributed by atoms with Crippen LogP contribution in [-0.4, -0.2) is 13.2 Å². The van der Waals surface area contributed by atoms with Crippen LogP contribution in [0.5, 0.6) is 5.75 Å². The fourth-order valence-electron chi connectivity index (χ4n) is 1.94. The summed E-state index contributed by atoms with van der Waals surface area (Å²) in [7, 11) is 0. The van der Waals surface area contributed by atoms with E-state index in [0.717, 1.165) is 27.4 Å². The number of hydrogen-bond acceptors (Lipinski definition) is 2. The van der Waals surface area contributed by atoms with Crippen molar-refractivity contribution in [3.8, 4) is 5.75 Å². The Bertz CT molecular complexity index is 562. The smallest absolute Gasteiger partial charge is 0.120 e. The largest absolute Gasteiger partial charge is 0.492 e. The molecule has 0 saturated carbocycles. The molecule has 4 heteroatoms. The molecule has 1 N–H and O–H groups in total. The first-order valence-corrected chi connectivity index (χ1v) is 7.70. The summed E-state index contributed by atoms with van der Waals surface area (Å²) < 4.78 is 6.70. The predicted octanol–water partition coefficient (Wildman–Crippen LogP) is 4.83. The molecule has 0 amide bonds. The summed E-state index contributed by atoms with van der Waals surface area (Å²) in [5.74, 6) is 0.867. The van der Waals surface area contributed by atoms with Crippen molar-refractivity contribution in [3.63, 3.8) is 0 Å². The third-order valence-electron chi connectivity index (χ3n) is 2.99. The molecule has 1 atom stereocenters. The molecular formula is C16H17BrClNO. The van der Waals surface area contributed by atoms with Gasteiger partial charge in [-0.1, -0.05) is 51.8 Å². The monoisotopic (exact) mass is 353 g/mol. The Balaban J connectivity index is 1.77. The highest BCUT2D eigenvalue weighted by atomic mass is 79.9. The van der Waals surface area contributed by atoms with E-state index in [0.29, 0.717) is 6.61 Å². The topological polar surface area (TPSA) is 21.3 Å². The van der Waals surface area contributed by atoms with Crippen LogP contribution in [0.15, 0.2) is 53.0 Å². The zero-order valence-corrected chi connectivity index (χ0v) is 13.6. The predicted molar refractivity (Wildman–Crippen MR) is 87.5 cm³/mol. The van der Waals surface area contributed by atoms with Gasteiger partial charge in [0.25, 0.3) is 0 Å². The fourth-order valence-corrected chi connectivity index (χ4v) is 2.61. The first-order valence-electron chi connectivity index (χ1n) is 6.53. The molecule has 1 unspecified atom stereocenters. The van der Waals surface area contributed by atoms with Crippen molar-refractivity contribution in [2.45, 2.75) is 13.0 Å². The van der Waals surface area contributed by atoms with Crippen LogP contribution < -0.4 is 10.1 Å². The number of benzene rings is 2. The van der Waals surface area contributed by atoms with Crippen molar-refractivity contribution in [2.75, 3.05) is 13.2 Å². The van der Waals surface area contributed by atoms with Gasteiger partial charge in [0.1, 0.15) is 12.4 Å². The second-order valence-electron chi connectivity index (χ2n) is 4.50. The van der Waals surface area contributed by atoms with Crippen molar-refractivity contribution in [1.29, 1.82) is 0 Å². The van der Waals surface area contributed by atoms with Gasteiger partial charge in [-0.2, -0.15) is 0 Å². The van der Waals surface area contributed by atoms with Gasteiger partial charge in [-0.3, -0.25) is 0 Å². The van der Waals surface area contributed by atoms with Gasteiger partial charge in [-0.05, 0) is 36.8 Å². The summed E-state index contributed by atoms with van der Waals surface area (Å²) in [5, 5.41) is 4.20. The molecule has 0 bridgehead atoms. The summed E-state index contributed by atoms with van der Waals surface area (Å²) in [5.41, 5.74) is 1.11. The molecule has 2 aromatic rings. The normalized spacial score (nSPS) is 12.2. The molecule has 0 aliphatic carbocycles. The number of hydrogen-bond donors (Lipinski definition) is 1. The lowest BCUT2D eigenvalue weighted by Gasteiger charge is -2.16. The zero-order valence-electron chi connectivity index (χ0n) is 11.3. The van der Waals surface area contributed by atoms with E-state index in [-0.39, 0.29) is 6.04 Å². The summed E-state index contributed by atoms with van der Waals surface area (Å²) in [4.78, 5) is 0. The van der Waals surface area contributed by atoms with Gasteiger partial charge in [0, 0.05) is 22.1 Å². The van der Waals surface area contributed by atoms with Gasteiger partial charge in [-0.15, -0.1) is 0 Å². The zero-order chi connectivity index (χ0) is 14.4. The van der Waals surface area contributed by atoms with Gasteiger partial charge in [0.15, 0.2) is 0 Å². The Morgan fingerprint density at radius 2 is 2.00 bits per heavy atom. The van der Waals surface area contributed by atoms with Gasteiger partial charge < -0.3 is 10.1 Å². The molecule has 2 aromatic carbocycles. The maximum atomic E-state index is 6.17. The molecule has 0 saturated heterocycles. The third kappa shape index (κ3) is 4.51. The van der Waals surface area contributed by atoms with Crippen LogP contribution in [0.25, 0.3) is 0 Å². The van der Waals surface area contributed by atoms with E-state index >= 15 is 0 Å². The molecule has 0 radical (unpaired) electrons. The number of rotatable bonds is 6. The van der Waals surface area contributed by atoms with E-state index < -0.39 is 0 Å². The number of ether oxygens (including phenoxy) is 1. The Morgan fingerprint density at radius 1 is 1.20 bits per heavy atom. The van der Waals surface area contributed by atoms with Crippen molar-refractivity contribution in [1.82, 2.24) is 5.32 Å². The molecule has 20 heavy (non-hydrogen) atoms. The molecule has 106 valence electrons. The molecule has 0 aliphatic rings. The fraction of sp³-hybridized carbons (Fsp3) is 0.250. The summed E-state index contributed by atoms with van der Waals surface area (Å²) in [6, 6.07) is 15.9. The summed E-state index contributed by atoms with van der Waals surface area (Å²) >= 11 is 9.59. The van der Waals surface area contributed by atoms with Gasteiger partial charge in [0.05, 0.1) is 0 Å². The van der Waals surface area contributed by atoms with E-state index in [1.165, 1.54) is 0 Å². The van der Waals surface area contributed by atoms with E-state index in [1.807, 2.05) is 48.5 Å². The molecule has 0 spiro atoms. The highest BCUT2D eigenvalue weighted by molar-refractivity contribution is 9.10. The van der Waals surface area contributed by atoms with Crippen LogP contribution in [-0.2, 0) is 0 Å². The van der Waals surface area contributed by atoms with Gasteiger partial charge in [-0.25, -0.2) is 0 Å². The quantitative estimate of drug-likeness (QED) is 0.750. The second kappa shape index (κ2) is 7.67. The second-order valence-corrected chi connectivity index (χ2v) is 5.83. The van der Waals surface area contributed by atoms with Crippen molar-refractivity contribution in [2.24, 2.45) is 0 Å². The van der Waals surface area contributed by atoms with E-state index in [1.54, 1.807) is 0 Å². The minimum Gasteiger partial charge on any atom is -0.492 e. The molecule has 0 aromatic heterocycles. The van der Waals surface area contributed by atoms with Crippen LogP contribution in [0.3, 0.4) is 0 Å². The maximum absolute atomic E-state index is 6.17. The van der Waals surface area contributed by atoms with Gasteiger partial charge in [0.2, 0.25) is 0 Å². The minimum atomic E-state index is 0.204. The van der Waals surface area contributed by atoms with E-state index in [9.17, 15) is 0 Å². The van der Waals surface area contributed by atoms with Crippen LogP contribution in [0.1, 0.15) is 18.5 Å². The highest BCUT2D eigenvalue weighted by Crippen LogP contribution is 2.22. The lowest BCUT2D eigenvalue weighted by molar-refractivity contribution is 0.307. The molecular weight excluding hydrogens is 338 g/mol. The van der Waals surface area contributed by atoms with E-state index in [2.05, 4.69) is 28.2 Å². The standard InChI is InChI=1S/C16H17BrClNO/c1-12(15-7-2-3-8-16(15)18)19-9-10-20-14-6-4-5-13(17)11-14/h2-8,11-12,19H,9-10H2,1H3. The Kier molecular flexibility index (Phi) is 5.89. The summed E-state index contributed by atoms with van der Waals surface area (Å²) in [6.07, 6.45) is 0. The molecule has 0 aliphatic heterocycles. The van der Waals surface area contributed by atoms with Crippen LogP contribution in [0, 0.1) is 0 Å². The van der Waals surface area contributed by atoms with Crippen LogP contribution >= 0.6 is 27.5 Å². The Morgan fingerprint density at radius 3 is 2.75 bits per heavy atom. The molecule has 2 rings (SSSR count). The summed E-state index contributed by atoms with van der Waals surface area (Å²) in [6.45, 7) is 3.48. The third-order valence-corrected chi connectivity index (χ3v) is 3.83. The lowest BCUT2D eigenvalue weighted by Crippen LogP contribution is -2.24. The SMILES string of the molecule is CC(NCCOc1cccc(Br)c1)c1ccccc1Cl. The first kappa shape index (κ1) is 15.4. The molecule has 2 nitrogen and oxygen atoms in total. The van der Waals surface area contributed by atoms with Crippen LogP contribution in [0.4, 0.5) is 0 Å².